The molecule has 3 heterocycles. The lowest BCUT2D eigenvalue weighted by Gasteiger charge is -2.13. The van der Waals surface area contributed by atoms with Crippen molar-refractivity contribution < 1.29 is 9.53 Å². The Morgan fingerprint density at radius 2 is 2.06 bits per heavy atom. The van der Waals surface area contributed by atoms with Crippen molar-refractivity contribution in [1.29, 1.82) is 0 Å². The van der Waals surface area contributed by atoms with Gasteiger partial charge in [0.05, 0.1) is 10.5 Å². The molecule has 0 aromatic carbocycles. The molecule has 0 bridgehead atoms. The third-order valence-electron chi connectivity index (χ3n) is 4.87. The van der Waals surface area contributed by atoms with E-state index < -0.39 is 0 Å². The number of nitrogens with one attached hydrogen (secondary N) is 1. The Bertz CT molecular complexity index is 1040. The fraction of sp³-hybridized carbons (Fsp3) is 0.455. The molecule has 31 heavy (non-hydrogen) atoms. The number of nitrogens with zero attached hydrogens (tertiary/aromatic N) is 3. The van der Waals surface area contributed by atoms with E-state index in [-0.39, 0.29) is 11.5 Å². The zero-order valence-electron chi connectivity index (χ0n) is 17.9. The van der Waals surface area contributed by atoms with Gasteiger partial charge in [-0.1, -0.05) is 49.8 Å². The summed E-state index contributed by atoms with van der Waals surface area (Å²) in [7, 11) is 0. The average Bonchev–Trinajstić information content (AvgIpc) is 3.03. The summed E-state index contributed by atoms with van der Waals surface area (Å²) in [5.41, 5.74) is 0.674. The van der Waals surface area contributed by atoms with Crippen LogP contribution in [0.5, 0.6) is 0 Å². The van der Waals surface area contributed by atoms with Gasteiger partial charge in [0.1, 0.15) is 15.8 Å². The first-order chi connectivity index (χ1) is 15.1. The van der Waals surface area contributed by atoms with Crippen LogP contribution < -0.4 is 10.9 Å². The molecule has 1 aliphatic heterocycles. The van der Waals surface area contributed by atoms with Gasteiger partial charge in [-0.25, -0.2) is 4.98 Å². The van der Waals surface area contributed by atoms with E-state index in [4.69, 9.17) is 17.0 Å². The fourth-order valence-electron chi connectivity index (χ4n) is 3.24. The highest BCUT2D eigenvalue weighted by molar-refractivity contribution is 8.26. The Labute approximate surface area is 191 Å². The van der Waals surface area contributed by atoms with Crippen LogP contribution >= 0.6 is 24.0 Å². The highest BCUT2D eigenvalue weighted by Crippen LogP contribution is 2.33. The van der Waals surface area contributed by atoms with Gasteiger partial charge in [-0.2, -0.15) is 0 Å². The summed E-state index contributed by atoms with van der Waals surface area (Å²) in [6.45, 7) is 6.58. The molecule has 3 rings (SSSR count). The topological polar surface area (TPSA) is 75.9 Å². The number of aromatic nitrogens is 2. The number of hydrogen-bond acceptors (Lipinski definition) is 7. The maximum absolute atomic E-state index is 13.2. The van der Waals surface area contributed by atoms with Crippen LogP contribution in [0, 0.1) is 0 Å². The molecule has 0 unspecified atom stereocenters. The minimum absolute atomic E-state index is 0.147. The second kappa shape index (κ2) is 11.4. The van der Waals surface area contributed by atoms with E-state index in [0.717, 1.165) is 25.7 Å². The molecule has 0 aliphatic carbocycles. The molecule has 9 heteroatoms. The van der Waals surface area contributed by atoms with Crippen LogP contribution in [0.2, 0.25) is 0 Å². The highest BCUT2D eigenvalue weighted by Gasteiger charge is 2.32. The molecule has 1 N–H and O–H groups in total. The Morgan fingerprint density at radius 3 is 2.84 bits per heavy atom. The Kier molecular flexibility index (Phi) is 8.62. The molecule has 1 fully saturated rings. The lowest BCUT2D eigenvalue weighted by Crippen LogP contribution is -2.29. The van der Waals surface area contributed by atoms with E-state index in [1.807, 2.05) is 13.0 Å². The van der Waals surface area contributed by atoms with E-state index in [9.17, 15) is 9.59 Å². The van der Waals surface area contributed by atoms with Gasteiger partial charge in [0, 0.05) is 32.5 Å². The molecule has 0 saturated carbocycles. The average molecular weight is 461 g/mol. The summed E-state index contributed by atoms with van der Waals surface area (Å²) in [5.74, 6) is 0.315. The van der Waals surface area contributed by atoms with Crippen LogP contribution in [-0.4, -0.2) is 50.8 Å². The van der Waals surface area contributed by atoms with Crippen molar-refractivity contribution in [2.75, 3.05) is 31.6 Å². The highest BCUT2D eigenvalue weighted by atomic mass is 32.2. The Hall–Kier alpha value is -2.23. The Balaban J connectivity index is 1.91. The maximum Gasteiger partial charge on any atom is 0.267 e. The van der Waals surface area contributed by atoms with Gasteiger partial charge in [0.15, 0.2) is 0 Å². The molecule has 0 radical (unpaired) electrons. The molecular weight excluding hydrogens is 432 g/mol. The summed E-state index contributed by atoms with van der Waals surface area (Å²) < 4.78 is 7.40. The summed E-state index contributed by atoms with van der Waals surface area (Å²) in [6.07, 6.45) is 7.10. The van der Waals surface area contributed by atoms with Gasteiger partial charge < -0.3 is 10.1 Å². The van der Waals surface area contributed by atoms with Crippen molar-refractivity contribution in [3.63, 3.8) is 0 Å². The fourth-order valence-corrected chi connectivity index (χ4v) is 4.53. The number of anilines is 1. The predicted molar refractivity (Wildman–Crippen MR) is 130 cm³/mol. The number of ether oxygens (including phenoxy) is 1. The molecular formula is C22H28N4O3S2. The van der Waals surface area contributed by atoms with Crippen LogP contribution in [0.4, 0.5) is 5.82 Å². The summed E-state index contributed by atoms with van der Waals surface area (Å²) >= 11 is 6.65. The zero-order valence-corrected chi connectivity index (χ0v) is 19.6. The number of carbonyl (C=O) groups is 1. The molecule has 2 aromatic rings. The molecule has 1 aliphatic rings. The minimum Gasteiger partial charge on any atom is -0.382 e. The van der Waals surface area contributed by atoms with Crippen LogP contribution in [-0.2, 0) is 9.53 Å². The first kappa shape index (κ1) is 23.4. The minimum atomic E-state index is -0.228. The number of unbranched alkanes of at least 4 members (excludes halogenated alkanes) is 2. The predicted octanol–water partition coefficient (Wildman–Crippen LogP) is 3.92. The summed E-state index contributed by atoms with van der Waals surface area (Å²) in [5, 5.41) is 3.24. The summed E-state index contributed by atoms with van der Waals surface area (Å²) in [6, 6.07) is 5.40. The molecule has 2 aromatic heterocycles. The Morgan fingerprint density at radius 1 is 1.23 bits per heavy atom. The van der Waals surface area contributed by atoms with Gasteiger partial charge in [-0.05, 0) is 38.0 Å². The van der Waals surface area contributed by atoms with Gasteiger partial charge >= 0.3 is 0 Å². The van der Waals surface area contributed by atoms with Crippen molar-refractivity contribution in [3.05, 3.63) is 45.2 Å². The van der Waals surface area contributed by atoms with Crippen LogP contribution in [0.1, 0.15) is 45.1 Å². The number of carbonyl (C=O) groups excluding carboxylic acids is 1. The van der Waals surface area contributed by atoms with Crippen molar-refractivity contribution in [3.8, 4) is 0 Å². The van der Waals surface area contributed by atoms with Gasteiger partial charge in [0.2, 0.25) is 0 Å². The molecule has 0 spiro atoms. The number of thiocarbonyl (C=S) groups is 1. The van der Waals surface area contributed by atoms with Crippen molar-refractivity contribution in [2.24, 2.45) is 0 Å². The normalized spacial score (nSPS) is 15.4. The number of hydrogen-bond donors (Lipinski definition) is 1. The van der Waals surface area contributed by atoms with E-state index in [1.165, 1.54) is 16.2 Å². The molecule has 0 atom stereocenters. The number of fused-ring (bicyclic) bond motifs is 1. The first-order valence-corrected chi connectivity index (χ1v) is 11.9. The van der Waals surface area contributed by atoms with E-state index in [0.29, 0.717) is 52.6 Å². The number of amides is 1. The summed E-state index contributed by atoms with van der Waals surface area (Å²) in [4.78, 5) is 32.8. The second-order valence-corrected chi connectivity index (χ2v) is 8.80. The van der Waals surface area contributed by atoms with Crippen LogP contribution in [0.25, 0.3) is 11.7 Å². The van der Waals surface area contributed by atoms with E-state index in [1.54, 1.807) is 29.3 Å². The van der Waals surface area contributed by atoms with Gasteiger partial charge in [-0.15, -0.1) is 0 Å². The maximum atomic E-state index is 13.2. The molecule has 7 nitrogen and oxygen atoms in total. The van der Waals surface area contributed by atoms with E-state index in [2.05, 4.69) is 17.2 Å². The lowest BCUT2D eigenvalue weighted by molar-refractivity contribution is -0.122. The zero-order chi connectivity index (χ0) is 22.2. The quantitative estimate of drug-likeness (QED) is 0.309. The van der Waals surface area contributed by atoms with Crippen LogP contribution in [0.15, 0.2) is 34.1 Å². The molecule has 1 amide bonds. The van der Waals surface area contributed by atoms with Gasteiger partial charge in [0.25, 0.3) is 11.5 Å². The van der Waals surface area contributed by atoms with Crippen molar-refractivity contribution >= 4 is 51.7 Å². The SMILES string of the molecule is CCCCCN1C(=O)C(=Cc2c(NCCCOCC)nc3ccccn3c2=O)SC1=S. The standard InChI is InChI=1S/C22H28N4O3S2/c1-3-5-7-13-26-21(28)17(31-22(26)30)15-16-19(23-11-9-14-29-4-2)24-18-10-6-8-12-25(18)20(16)27/h6,8,10,12,15,23H,3-5,7,9,11,13-14H2,1-2H3. The van der Waals surface area contributed by atoms with Crippen molar-refractivity contribution in [2.45, 2.75) is 39.5 Å². The smallest absolute Gasteiger partial charge is 0.267 e. The third-order valence-corrected chi connectivity index (χ3v) is 6.24. The molecule has 166 valence electrons. The number of pyridine rings is 1. The number of rotatable bonds is 11. The van der Waals surface area contributed by atoms with Crippen molar-refractivity contribution in [1.82, 2.24) is 14.3 Å². The lowest BCUT2D eigenvalue weighted by atomic mass is 10.2. The van der Waals surface area contributed by atoms with Crippen LogP contribution in [0.3, 0.4) is 0 Å². The third kappa shape index (κ3) is 5.72. The monoisotopic (exact) mass is 460 g/mol. The van der Waals surface area contributed by atoms with E-state index >= 15 is 0 Å². The van der Waals surface area contributed by atoms with Gasteiger partial charge in [-0.3, -0.25) is 18.9 Å². The molecule has 1 saturated heterocycles. The number of thioether (sulfide) groups is 1. The first-order valence-electron chi connectivity index (χ1n) is 10.6. The second-order valence-electron chi connectivity index (χ2n) is 7.13. The largest absolute Gasteiger partial charge is 0.382 e.